The average Bonchev–Trinajstić information content (AvgIpc) is 3.10. The quantitative estimate of drug-likeness (QED) is 0.111. The zero-order valence-electron chi connectivity index (χ0n) is 22.4. The summed E-state index contributed by atoms with van der Waals surface area (Å²) < 4.78 is 11.2. The van der Waals surface area contributed by atoms with E-state index in [1.165, 1.54) is 58.4 Å². The first-order chi connectivity index (χ1) is 17.5. The third-order valence-corrected chi connectivity index (χ3v) is 7.43. The van der Waals surface area contributed by atoms with E-state index in [9.17, 15) is 4.79 Å². The van der Waals surface area contributed by atoms with Gasteiger partial charge in [0.15, 0.2) is 0 Å². The molecule has 0 fully saturated rings. The topological polar surface area (TPSA) is 35.5 Å². The molecule has 0 saturated heterocycles. The van der Waals surface area contributed by atoms with E-state index in [2.05, 4.69) is 62.2 Å². The van der Waals surface area contributed by atoms with Crippen molar-refractivity contribution in [3.05, 3.63) is 70.8 Å². The highest BCUT2D eigenvalue weighted by Gasteiger charge is 2.14. The van der Waals surface area contributed by atoms with Crippen molar-refractivity contribution in [2.75, 3.05) is 19.5 Å². The van der Waals surface area contributed by atoms with E-state index in [1.807, 2.05) is 11.8 Å². The van der Waals surface area contributed by atoms with Crippen molar-refractivity contribution in [2.45, 2.75) is 83.0 Å². The van der Waals surface area contributed by atoms with E-state index < -0.39 is 0 Å². The molecule has 0 heterocycles. The lowest BCUT2D eigenvalue weighted by atomic mass is 9.97. The molecule has 36 heavy (non-hydrogen) atoms. The highest BCUT2D eigenvalue weighted by Crippen LogP contribution is 2.36. The molecule has 0 saturated carbocycles. The Morgan fingerprint density at radius 1 is 1.00 bits per heavy atom. The van der Waals surface area contributed by atoms with Gasteiger partial charge in [0.1, 0.15) is 5.75 Å². The van der Waals surface area contributed by atoms with Crippen LogP contribution in [0.25, 0.3) is 11.6 Å². The maximum absolute atomic E-state index is 11.4. The summed E-state index contributed by atoms with van der Waals surface area (Å²) in [6.45, 7) is 8.65. The summed E-state index contributed by atoms with van der Waals surface area (Å²) in [7, 11) is 0. The summed E-state index contributed by atoms with van der Waals surface area (Å²) in [4.78, 5) is 12.8. The first-order valence-electron chi connectivity index (χ1n) is 13.5. The fourth-order valence-electron chi connectivity index (χ4n) is 4.57. The molecule has 2 aromatic rings. The number of carbonyl (C=O) groups excluding carboxylic acids is 1. The molecule has 0 bridgehead atoms. The van der Waals surface area contributed by atoms with Gasteiger partial charge in [-0.3, -0.25) is 0 Å². The van der Waals surface area contributed by atoms with Crippen molar-refractivity contribution in [1.29, 1.82) is 0 Å². The number of aryl methyl sites for hydroxylation is 2. The zero-order chi connectivity index (χ0) is 25.8. The van der Waals surface area contributed by atoms with Gasteiger partial charge in [0.2, 0.25) is 0 Å². The third kappa shape index (κ3) is 8.58. The molecule has 0 radical (unpaired) electrons. The van der Waals surface area contributed by atoms with Crippen molar-refractivity contribution >= 4 is 29.4 Å². The molecular weight excluding hydrogens is 464 g/mol. The van der Waals surface area contributed by atoms with Crippen molar-refractivity contribution in [1.82, 2.24) is 0 Å². The van der Waals surface area contributed by atoms with Crippen LogP contribution in [0.2, 0.25) is 0 Å². The minimum atomic E-state index is -0.308. The number of thioether (sulfide) groups is 1. The molecule has 2 aromatic carbocycles. The highest BCUT2D eigenvalue weighted by molar-refractivity contribution is 7.98. The van der Waals surface area contributed by atoms with E-state index in [0.29, 0.717) is 18.8 Å². The van der Waals surface area contributed by atoms with Crippen molar-refractivity contribution < 1.29 is 14.3 Å². The van der Waals surface area contributed by atoms with Gasteiger partial charge in [-0.15, -0.1) is 11.8 Å². The lowest BCUT2D eigenvalue weighted by Gasteiger charge is -2.13. The number of hydrogen-bond acceptors (Lipinski definition) is 4. The summed E-state index contributed by atoms with van der Waals surface area (Å²) in [5.74, 6) is 0.637. The van der Waals surface area contributed by atoms with Gasteiger partial charge >= 0.3 is 5.97 Å². The van der Waals surface area contributed by atoms with Crippen LogP contribution in [0.1, 0.15) is 87.5 Å². The van der Waals surface area contributed by atoms with Gasteiger partial charge in [-0.25, -0.2) is 4.79 Å². The Hall–Kier alpha value is -2.46. The number of allylic oxidation sites excluding steroid dienone is 1. The van der Waals surface area contributed by atoms with Crippen LogP contribution in [0.5, 0.6) is 5.75 Å². The molecule has 194 valence electrons. The molecule has 1 aliphatic carbocycles. The van der Waals surface area contributed by atoms with E-state index >= 15 is 0 Å². The van der Waals surface area contributed by atoms with Gasteiger partial charge in [0.25, 0.3) is 0 Å². The van der Waals surface area contributed by atoms with Gasteiger partial charge in [0, 0.05) is 10.5 Å². The molecule has 3 nitrogen and oxygen atoms in total. The Morgan fingerprint density at radius 3 is 2.61 bits per heavy atom. The lowest BCUT2D eigenvalue weighted by Crippen LogP contribution is -2.06. The van der Waals surface area contributed by atoms with E-state index in [4.69, 9.17) is 9.47 Å². The molecule has 0 spiro atoms. The maximum atomic E-state index is 11.4. The van der Waals surface area contributed by atoms with Crippen molar-refractivity contribution in [3.8, 4) is 5.75 Å². The van der Waals surface area contributed by atoms with Crippen LogP contribution in [0.4, 0.5) is 0 Å². The molecule has 0 unspecified atom stereocenters. The van der Waals surface area contributed by atoms with Crippen LogP contribution < -0.4 is 4.74 Å². The molecule has 0 aliphatic heterocycles. The smallest absolute Gasteiger partial charge is 0.333 e. The summed E-state index contributed by atoms with van der Waals surface area (Å²) in [5, 5.41) is 0. The number of esters is 1. The second-order valence-corrected chi connectivity index (χ2v) is 10.5. The van der Waals surface area contributed by atoms with Crippen molar-refractivity contribution in [2.24, 2.45) is 0 Å². The fraction of sp³-hybridized carbons (Fsp3) is 0.469. The second-order valence-electron chi connectivity index (χ2n) is 9.70. The van der Waals surface area contributed by atoms with Crippen LogP contribution in [-0.4, -0.2) is 25.4 Å². The predicted molar refractivity (Wildman–Crippen MR) is 154 cm³/mol. The summed E-state index contributed by atoms with van der Waals surface area (Å²) in [5.41, 5.74) is 7.43. The molecule has 1 aliphatic rings. The molecule has 0 amide bonds. The number of fused-ring (bicyclic) bond motifs is 1. The van der Waals surface area contributed by atoms with Crippen LogP contribution in [0, 0.1) is 0 Å². The highest BCUT2D eigenvalue weighted by atomic mass is 32.2. The Labute approximate surface area is 222 Å². The van der Waals surface area contributed by atoms with E-state index in [1.54, 1.807) is 6.92 Å². The maximum Gasteiger partial charge on any atom is 0.333 e. The number of rotatable bonds is 14. The second kappa shape index (κ2) is 14.9. The minimum absolute atomic E-state index is 0.308. The number of hydrogen-bond donors (Lipinski definition) is 0. The number of unbranched alkanes of at least 4 members (excludes halogenated alkanes) is 4. The first-order valence-corrected chi connectivity index (χ1v) is 14.7. The first kappa shape index (κ1) is 28.1. The van der Waals surface area contributed by atoms with Crippen molar-refractivity contribution in [3.63, 3.8) is 0 Å². The SMILES string of the molecule is C=C(C)C(=O)OCCCCCOc1ccc2c(c1)CCCC(c1ccc(CCCCC)cc1SC)=C2. The molecule has 4 heteroatoms. The predicted octanol–water partition coefficient (Wildman–Crippen LogP) is 8.69. The van der Waals surface area contributed by atoms with E-state index in [-0.39, 0.29) is 5.97 Å². The third-order valence-electron chi connectivity index (χ3n) is 6.66. The standard InChI is InChI=1S/C32H42O3S/c1-5-6-8-12-25-15-18-30(31(21-25)36-4)28-14-11-13-26-23-29(17-16-27(26)22-28)34-19-9-7-10-20-35-32(33)24(2)3/h15-18,21-23H,2,5-14,19-20H2,1,3-4H3. The molecule has 0 atom stereocenters. The number of ether oxygens (including phenoxy) is 2. The average molecular weight is 507 g/mol. The van der Waals surface area contributed by atoms with Gasteiger partial charge in [-0.1, -0.05) is 50.6 Å². The largest absolute Gasteiger partial charge is 0.494 e. The van der Waals surface area contributed by atoms with E-state index in [0.717, 1.165) is 44.3 Å². The Balaban J connectivity index is 1.57. The number of carbonyl (C=O) groups is 1. The lowest BCUT2D eigenvalue weighted by molar-refractivity contribution is -0.139. The zero-order valence-corrected chi connectivity index (χ0v) is 23.2. The minimum Gasteiger partial charge on any atom is -0.494 e. The fourth-order valence-corrected chi connectivity index (χ4v) is 5.25. The molecule has 0 N–H and O–H groups in total. The summed E-state index contributed by atoms with van der Waals surface area (Å²) >= 11 is 1.86. The molecule has 3 rings (SSSR count). The van der Waals surface area contributed by atoms with Gasteiger partial charge in [-0.2, -0.15) is 0 Å². The molecular formula is C32H42O3S. The monoisotopic (exact) mass is 506 g/mol. The normalized spacial score (nSPS) is 12.9. The van der Waals surface area contributed by atoms with Gasteiger partial charge < -0.3 is 9.47 Å². The van der Waals surface area contributed by atoms with Crippen LogP contribution in [0.3, 0.4) is 0 Å². The molecule has 0 aromatic heterocycles. The Kier molecular flexibility index (Phi) is 11.7. The Bertz CT molecular complexity index is 1050. The van der Waals surface area contributed by atoms with Gasteiger partial charge in [-0.05, 0) is 111 Å². The Morgan fingerprint density at radius 2 is 1.83 bits per heavy atom. The number of benzene rings is 2. The van der Waals surface area contributed by atoms with Crippen LogP contribution in [-0.2, 0) is 22.4 Å². The summed E-state index contributed by atoms with van der Waals surface area (Å²) in [6, 6.07) is 13.6. The van der Waals surface area contributed by atoms with Crippen LogP contribution >= 0.6 is 11.8 Å². The summed E-state index contributed by atoms with van der Waals surface area (Å²) in [6.07, 6.45) is 15.7. The van der Waals surface area contributed by atoms with Gasteiger partial charge in [0.05, 0.1) is 13.2 Å². The van der Waals surface area contributed by atoms with Crippen LogP contribution in [0.15, 0.2) is 53.4 Å².